The molecule has 0 aromatic heterocycles. The van der Waals surface area contributed by atoms with Crippen molar-refractivity contribution in [3.05, 3.63) is 29.8 Å². The summed E-state index contributed by atoms with van der Waals surface area (Å²) in [7, 11) is -3.60. The minimum atomic E-state index is -3.60. The van der Waals surface area contributed by atoms with E-state index in [1.807, 2.05) is 26.8 Å². The molecule has 0 unspecified atom stereocenters. The number of sulfonamides is 1. The fourth-order valence-electron chi connectivity index (χ4n) is 2.92. The Morgan fingerprint density at radius 3 is 2.31 bits per heavy atom. The summed E-state index contributed by atoms with van der Waals surface area (Å²) in [4.78, 5) is 6.81. The van der Waals surface area contributed by atoms with Crippen LogP contribution >= 0.6 is 24.0 Å². The average molecular weight is 494 g/mol. The standard InChI is InChI=1S/C18H30N4O2S.HI/c1-18(2,3)21-25(23,24)16-11-7-6-10-15(16)14-20-17(19)22-12-8-4-5-9-13-22;/h6-7,10-11,21H,4-5,8-9,12-14H2,1-3H3,(H2,19,20);1H. The Morgan fingerprint density at radius 1 is 1.15 bits per heavy atom. The van der Waals surface area contributed by atoms with Gasteiger partial charge in [-0.1, -0.05) is 31.0 Å². The van der Waals surface area contributed by atoms with Crippen LogP contribution in [0, 0.1) is 0 Å². The Balaban J connectivity index is 0.00000338. The van der Waals surface area contributed by atoms with Gasteiger partial charge in [0.05, 0.1) is 11.4 Å². The molecule has 1 fully saturated rings. The van der Waals surface area contributed by atoms with Gasteiger partial charge in [0, 0.05) is 18.6 Å². The molecule has 1 heterocycles. The molecular formula is C18H31IN4O2S. The average Bonchev–Trinajstić information content (AvgIpc) is 2.80. The summed E-state index contributed by atoms with van der Waals surface area (Å²) in [5.41, 5.74) is 6.25. The van der Waals surface area contributed by atoms with Gasteiger partial charge in [-0.25, -0.2) is 18.1 Å². The highest BCUT2D eigenvalue weighted by Crippen LogP contribution is 2.19. The molecule has 3 N–H and O–H groups in total. The van der Waals surface area contributed by atoms with Crippen LogP contribution in [0.3, 0.4) is 0 Å². The first-order chi connectivity index (χ1) is 11.7. The van der Waals surface area contributed by atoms with Crippen molar-refractivity contribution in [2.45, 2.75) is 63.4 Å². The number of nitrogens with one attached hydrogen (secondary N) is 1. The first-order valence-electron chi connectivity index (χ1n) is 8.86. The van der Waals surface area contributed by atoms with E-state index in [9.17, 15) is 8.42 Å². The van der Waals surface area contributed by atoms with E-state index in [1.165, 1.54) is 12.8 Å². The van der Waals surface area contributed by atoms with Crippen LogP contribution in [0.15, 0.2) is 34.2 Å². The van der Waals surface area contributed by atoms with Crippen LogP contribution in [-0.2, 0) is 16.6 Å². The Labute approximate surface area is 174 Å². The second-order valence-corrected chi connectivity index (χ2v) is 9.19. The van der Waals surface area contributed by atoms with Crippen molar-refractivity contribution in [2.75, 3.05) is 13.1 Å². The van der Waals surface area contributed by atoms with Gasteiger partial charge in [-0.2, -0.15) is 0 Å². The van der Waals surface area contributed by atoms with Gasteiger partial charge < -0.3 is 10.6 Å². The monoisotopic (exact) mass is 494 g/mol. The number of guanidine groups is 1. The van der Waals surface area contributed by atoms with E-state index in [0.717, 1.165) is 25.9 Å². The third-order valence-corrected chi connectivity index (χ3v) is 5.90. The zero-order valence-electron chi connectivity index (χ0n) is 15.9. The smallest absolute Gasteiger partial charge is 0.241 e. The van der Waals surface area contributed by atoms with E-state index < -0.39 is 15.6 Å². The topological polar surface area (TPSA) is 87.8 Å². The molecule has 0 aliphatic carbocycles. The van der Waals surface area contributed by atoms with Crippen LogP contribution in [0.1, 0.15) is 52.0 Å². The molecule has 0 atom stereocenters. The van der Waals surface area contributed by atoms with E-state index in [1.54, 1.807) is 18.2 Å². The largest absolute Gasteiger partial charge is 0.370 e. The van der Waals surface area contributed by atoms with Crippen molar-refractivity contribution in [1.82, 2.24) is 9.62 Å². The Kier molecular flexibility index (Phi) is 8.81. The minimum Gasteiger partial charge on any atom is -0.370 e. The number of nitrogens with two attached hydrogens (primary N) is 1. The number of rotatable bonds is 4. The highest BCUT2D eigenvalue weighted by molar-refractivity contribution is 14.0. The maximum atomic E-state index is 12.7. The lowest BCUT2D eigenvalue weighted by molar-refractivity contribution is 0.428. The van der Waals surface area contributed by atoms with Crippen LogP contribution in [0.2, 0.25) is 0 Å². The molecule has 2 rings (SSSR count). The molecule has 6 nitrogen and oxygen atoms in total. The highest BCUT2D eigenvalue weighted by Gasteiger charge is 2.24. The molecule has 8 heteroatoms. The molecular weight excluding hydrogens is 463 g/mol. The Morgan fingerprint density at radius 2 is 1.73 bits per heavy atom. The summed E-state index contributed by atoms with van der Waals surface area (Å²) in [6.45, 7) is 7.55. The maximum Gasteiger partial charge on any atom is 0.241 e. The van der Waals surface area contributed by atoms with Crippen LogP contribution in [0.25, 0.3) is 0 Å². The minimum absolute atomic E-state index is 0. The van der Waals surface area contributed by atoms with E-state index in [-0.39, 0.29) is 35.4 Å². The van der Waals surface area contributed by atoms with Gasteiger partial charge in [0.25, 0.3) is 0 Å². The van der Waals surface area contributed by atoms with Gasteiger partial charge in [0.15, 0.2) is 5.96 Å². The Hall–Kier alpha value is -0.870. The van der Waals surface area contributed by atoms with Crippen molar-refractivity contribution in [2.24, 2.45) is 10.7 Å². The normalized spacial score (nSPS) is 16.7. The van der Waals surface area contributed by atoms with Crippen molar-refractivity contribution >= 4 is 40.0 Å². The second-order valence-electron chi connectivity index (χ2n) is 7.54. The highest BCUT2D eigenvalue weighted by atomic mass is 127. The molecule has 0 spiro atoms. The van der Waals surface area contributed by atoms with Gasteiger partial charge >= 0.3 is 0 Å². The second kappa shape index (κ2) is 9.89. The molecule has 1 aromatic carbocycles. The van der Waals surface area contributed by atoms with Crippen molar-refractivity contribution in [1.29, 1.82) is 0 Å². The lowest BCUT2D eigenvalue weighted by Gasteiger charge is -2.22. The number of likely N-dealkylation sites (tertiary alicyclic amines) is 1. The molecule has 0 amide bonds. The van der Waals surface area contributed by atoms with Crippen molar-refractivity contribution in [3.8, 4) is 0 Å². The van der Waals surface area contributed by atoms with Crippen LogP contribution in [0.5, 0.6) is 0 Å². The molecule has 1 aliphatic heterocycles. The van der Waals surface area contributed by atoms with Crippen molar-refractivity contribution in [3.63, 3.8) is 0 Å². The van der Waals surface area contributed by atoms with Gasteiger partial charge in [-0.05, 0) is 45.2 Å². The molecule has 0 bridgehead atoms. The summed E-state index contributed by atoms with van der Waals surface area (Å²) in [5, 5.41) is 0. The zero-order valence-corrected chi connectivity index (χ0v) is 19.0. The quantitative estimate of drug-likeness (QED) is 0.383. The summed E-state index contributed by atoms with van der Waals surface area (Å²) < 4.78 is 28.0. The lowest BCUT2D eigenvalue weighted by Crippen LogP contribution is -2.40. The van der Waals surface area contributed by atoms with E-state index in [2.05, 4.69) is 14.6 Å². The predicted molar refractivity (Wildman–Crippen MR) is 117 cm³/mol. The summed E-state index contributed by atoms with van der Waals surface area (Å²) in [5.74, 6) is 0.498. The number of benzene rings is 1. The molecule has 148 valence electrons. The zero-order chi connectivity index (χ0) is 18.5. The summed E-state index contributed by atoms with van der Waals surface area (Å²) >= 11 is 0. The van der Waals surface area contributed by atoms with Crippen LogP contribution in [-0.4, -0.2) is 37.9 Å². The third kappa shape index (κ3) is 7.03. The molecule has 1 aliphatic rings. The van der Waals surface area contributed by atoms with Gasteiger partial charge in [-0.3, -0.25) is 0 Å². The van der Waals surface area contributed by atoms with Crippen molar-refractivity contribution < 1.29 is 8.42 Å². The maximum absolute atomic E-state index is 12.7. The summed E-state index contributed by atoms with van der Waals surface area (Å²) in [6, 6.07) is 6.95. The number of nitrogens with zero attached hydrogens (tertiary/aromatic N) is 2. The molecule has 1 aromatic rings. The number of hydrogen-bond donors (Lipinski definition) is 2. The Bertz CT molecular complexity index is 706. The molecule has 0 radical (unpaired) electrons. The molecule has 1 saturated heterocycles. The van der Waals surface area contributed by atoms with Crippen LogP contribution in [0.4, 0.5) is 0 Å². The first kappa shape index (κ1) is 23.2. The fraction of sp³-hybridized carbons (Fsp3) is 0.611. The number of halogens is 1. The number of hydrogen-bond acceptors (Lipinski definition) is 3. The van der Waals surface area contributed by atoms with Crippen LogP contribution < -0.4 is 10.5 Å². The first-order valence-corrected chi connectivity index (χ1v) is 10.3. The van der Waals surface area contributed by atoms with E-state index >= 15 is 0 Å². The van der Waals surface area contributed by atoms with Gasteiger partial charge in [0.1, 0.15) is 0 Å². The predicted octanol–water partition coefficient (Wildman–Crippen LogP) is 3.07. The van der Waals surface area contributed by atoms with E-state index in [4.69, 9.17) is 5.73 Å². The lowest BCUT2D eigenvalue weighted by atomic mass is 10.1. The number of aliphatic imine (C=N–C) groups is 1. The molecule has 0 saturated carbocycles. The third-order valence-electron chi connectivity index (χ3n) is 4.04. The fourth-order valence-corrected chi connectivity index (χ4v) is 4.57. The van der Waals surface area contributed by atoms with E-state index in [0.29, 0.717) is 11.5 Å². The SMILES string of the molecule is CC(C)(C)NS(=O)(=O)c1ccccc1CN=C(N)N1CCCCCC1.I. The molecule has 26 heavy (non-hydrogen) atoms. The summed E-state index contributed by atoms with van der Waals surface area (Å²) in [6.07, 6.45) is 4.69. The van der Waals surface area contributed by atoms with Gasteiger partial charge in [-0.15, -0.1) is 24.0 Å². The van der Waals surface area contributed by atoms with Gasteiger partial charge in [0.2, 0.25) is 10.0 Å².